The van der Waals surface area contributed by atoms with E-state index in [2.05, 4.69) is 10.6 Å². The second kappa shape index (κ2) is 12.4. The van der Waals surface area contributed by atoms with Gasteiger partial charge in [-0.25, -0.2) is 4.39 Å². The van der Waals surface area contributed by atoms with Crippen molar-refractivity contribution in [3.63, 3.8) is 0 Å². The van der Waals surface area contributed by atoms with Gasteiger partial charge in [-0.3, -0.25) is 24.5 Å². The van der Waals surface area contributed by atoms with Crippen LogP contribution in [0.15, 0.2) is 24.3 Å². The second-order valence-electron chi connectivity index (χ2n) is 10.3. The summed E-state index contributed by atoms with van der Waals surface area (Å²) < 4.78 is 13.6. The van der Waals surface area contributed by atoms with Gasteiger partial charge in [-0.2, -0.15) is 0 Å². The molecule has 0 heterocycles. The summed E-state index contributed by atoms with van der Waals surface area (Å²) in [6.07, 6.45) is 0.356. The number of benzene rings is 1. The number of likely N-dealkylation sites (N-methyl/N-ethyl adjacent to an activating group) is 1. The summed E-state index contributed by atoms with van der Waals surface area (Å²) >= 11 is 0. The van der Waals surface area contributed by atoms with Gasteiger partial charge in [0.2, 0.25) is 24.3 Å². The normalized spacial score (nSPS) is 14.1. The van der Waals surface area contributed by atoms with Gasteiger partial charge in [0.15, 0.2) is 0 Å². The van der Waals surface area contributed by atoms with E-state index in [1.54, 1.807) is 40.9 Å². The lowest BCUT2D eigenvalue weighted by molar-refractivity contribution is -0.486. The van der Waals surface area contributed by atoms with Crippen molar-refractivity contribution in [3.8, 4) is 0 Å². The minimum Gasteiger partial charge on any atom is -0.347 e. The van der Waals surface area contributed by atoms with Crippen LogP contribution in [0, 0.1) is 33.2 Å². The number of nitrogens with one attached hydrogen (secondary N) is 2. The summed E-state index contributed by atoms with van der Waals surface area (Å²) in [5.41, 5.74) is -0.221. The van der Waals surface area contributed by atoms with Crippen LogP contribution in [0.4, 0.5) is 4.39 Å². The number of halogens is 1. The molecule has 3 atom stereocenters. The molecular formula is C24H37FN4O5. The molecule has 0 spiro atoms. The Morgan fingerprint density at radius 3 is 2.21 bits per heavy atom. The van der Waals surface area contributed by atoms with E-state index in [0.717, 1.165) is 0 Å². The molecule has 0 bridgehead atoms. The number of hydrogen-bond donors (Lipinski definition) is 2. The maximum Gasteiger partial charge on any atom is 0.244 e. The molecule has 34 heavy (non-hydrogen) atoms. The Labute approximate surface area is 200 Å². The molecule has 0 fully saturated rings. The number of nitrogens with zero attached hydrogens (tertiary/aromatic N) is 2. The maximum absolute atomic E-state index is 13.6. The van der Waals surface area contributed by atoms with E-state index in [0.29, 0.717) is 12.0 Å². The molecule has 0 aromatic heterocycles. The van der Waals surface area contributed by atoms with E-state index >= 15 is 0 Å². The molecule has 0 saturated carbocycles. The highest BCUT2D eigenvalue weighted by Crippen LogP contribution is 2.22. The highest BCUT2D eigenvalue weighted by atomic mass is 19.1. The van der Waals surface area contributed by atoms with Crippen LogP contribution in [0.25, 0.3) is 0 Å². The average Bonchev–Trinajstić information content (AvgIpc) is 2.68. The second-order valence-corrected chi connectivity index (χ2v) is 10.3. The van der Waals surface area contributed by atoms with E-state index in [1.165, 1.54) is 23.1 Å². The number of hydrogen-bond acceptors (Lipinski definition) is 5. The summed E-state index contributed by atoms with van der Waals surface area (Å²) in [4.78, 5) is 50.8. The number of rotatable bonds is 11. The quantitative estimate of drug-likeness (QED) is 0.372. The van der Waals surface area contributed by atoms with Crippen molar-refractivity contribution in [2.24, 2.45) is 17.3 Å². The number of amides is 3. The van der Waals surface area contributed by atoms with Crippen molar-refractivity contribution in [3.05, 3.63) is 45.8 Å². The molecule has 0 saturated heterocycles. The van der Waals surface area contributed by atoms with Crippen molar-refractivity contribution in [2.45, 2.75) is 59.5 Å². The largest absolute Gasteiger partial charge is 0.347 e. The summed E-state index contributed by atoms with van der Waals surface area (Å²) in [6, 6.07) is 3.71. The molecule has 0 aliphatic rings. The van der Waals surface area contributed by atoms with Gasteiger partial charge >= 0.3 is 0 Å². The predicted molar refractivity (Wildman–Crippen MR) is 127 cm³/mol. The van der Waals surface area contributed by atoms with Crippen LogP contribution in [0.5, 0.6) is 0 Å². The first-order valence-corrected chi connectivity index (χ1v) is 11.3. The third kappa shape index (κ3) is 9.44. The van der Waals surface area contributed by atoms with Crippen LogP contribution in [-0.2, 0) is 20.8 Å². The molecule has 3 amide bonds. The zero-order chi connectivity index (χ0) is 26.2. The Morgan fingerprint density at radius 2 is 1.74 bits per heavy atom. The summed E-state index contributed by atoms with van der Waals surface area (Å²) in [6.45, 7) is 8.42. The number of carbonyl (C=O) groups is 3. The van der Waals surface area contributed by atoms with E-state index in [9.17, 15) is 28.9 Å². The van der Waals surface area contributed by atoms with Gasteiger partial charge in [0.1, 0.15) is 23.8 Å². The standard InChI is InChI=1S/C24H37FN4O5/c1-15(2)11-17(14-29(33)34)21(30)27-20(24(3,4)5)22(31)26-19(23(32)28(6)7)13-16-9-8-10-18(25)12-16/h8-10,12,15,17,19-20H,11,13-14H2,1-7H3,(H,26,31)(H,27,30)/t17-,19-,20-/m1/s1. The van der Waals surface area contributed by atoms with Gasteiger partial charge in [-0.15, -0.1) is 0 Å². The zero-order valence-corrected chi connectivity index (χ0v) is 21.1. The van der Waals surface area contributed by atoms with Gasteiger partial charge in [0.25, 0.3) is 0 Å². The number of carbonyl (C=O) groups excluding carboxylic acids is 3. The van der Waals surface area contributed by atoms with Gasteiger partial charge in [-0.1, -0.05) is 46.8 Å². The summed E-state index contributed by atoms with van der Waals surface area (Å²) in [7, 11) is 3.09. The van der Waals surface area contributed by atoms with E-state index in [-0.39, 0.29) is 18.2 Å². The van der Waals surface area contributed by atoms with Crippen molar-refractivity contribution < 1.29 is 23.7 Å². The fraction of sp³-hybridized carbons (Fsp3) is 0.625. The predicted octanol–water partition coefficient (Wildman–Crippen LogP) is 2.41. The van der Waals surface area contributed by atoms with Crippen molar-refractivity contribution >= 4 is 17.7 Å². The summed E-state index contributed by atoms with van der Waals surface area (Å²) in [5, 5.41) is 16.4. The third-order valence-electron chi connectivity index (χ3n) is 5.30. The van der Waals surface area contributed by atoms with Gasteiger partial charge in [0.05, 0.1) is 0 Å². The molecule has 1 aromatic carbocycles. The minimum atomic E-state index is -1.05. The molecule has 0 radical (unpaired) electrons. The molecule has 0 aliphatic carbocycles. The third-order valence-corrected chi connectivity index (χ3v) is 5.30. The molecule has 0 aliphatic heterocycles. The average molecular weight is 481 g/mol. The lowest BCUT2D eigenvalue weighted by Crippen LogP contribution is -2.59. The Kier molecular flexibility index (Phi) is 10.6. The minimum absolute atomic E-state index is 0.0472. The van der Waals surface area contributed by atoms with Crippen molar-refractivity contribution in [2.75, 3.05) is 20.6 Å². The fourth-order valence-electron chi connectivity index (χ4n) is 3.62. The monoisotopic (exact) mass is 480 g/mol. The maximum atomic E-state index is 13.6. The van der Waals surface area contributed by atoms with Crippen LogP contribution in [0.3, 0.4) is 0 Å². The van der Waals surface area contributed by atoms with Crippen LogP contribution in [-0.4, -0.2) is 60.3 Å². The lowest BCUT2D eigenvalue weighted by Gasteiger charge is -2.33. The Bertz CT molecular complexity index is 882. The van der Waals surface area contributed by atoms with Gasteiger partial charge in [0, 0.05) is 25.4 Å². The molecule has 190 valence electrons. The van der Waals surface area contributed by atoms with Crippen LogP contribution >= 0.6 is 0 Å². The molecule has 1 rings (SSSR count). The number of nitro groups is 1. The van der Waals surface area contributed by atoms with E-state index in [4.69, 9.17) is 0 Å². The van der Waals surface area contributed by atoms with Crippen molar-refractivity contribution in [1.29, 1.82) is 0 Å². The van der Waals surface area contributed by atoms with Crippen LogP contribution in [0.2, 0.25) is 0 Å². The van der Waals surface area contributed by atoms with Crippen LogP contribution < -0.4 is 10.6 Å². The first-order chi connectivity index (χ1) is 15.6. The first-order valence-electron chi connectivity index (χ1n) is 11.3. The molecule has 2 N–H and O–H groups in total. The fourth-order valence-corrected chi connectivity index (χ4v) is 3.62. The lowest BCUT2D eigenvalue weighted by atomic mass is 9.85. The van der Waals surface area contributed by atoms with Gasteiger partial charge in [-0.05, 0) is 35.4 Å². The molecule has 0 unspecified atom stereocenters. The molecule has 10 heteroatoms. The Morgan fingerprint density at radius 1 is 1.12 bits per heavy atom. The zero-order valence-electron chi connectivity index (χ0n) is 21.1. The van der Waals surface area contributed by atoms with Crippen LogP contribution in [0.1, 0.15) is 46.6 Å². The van der Waals surface area contributed by atoms with Crippen molar-refractivity contribution in [1.82, 2.24) is 15.5 Å². The summed E-state index contributed by atoms with van der Waals surface area (Å²) in [5.74, 6) is -2.86. The molecule has 9 nitrogen and oxygen atoms in total. The topological polar surface area (TPSA) is 122 Å². The smallest absolute Gasteiger partial charge is 0.244 e. The highest BCUT2D eigenvalue weighted by molar-refractivity contribution is 5.93. The van der Waals surface area contributed by atoms with E-state index in [1.807, 2.05) is 13.8 Å². The SMILES string of the molecule is CC(C)C[C@H](C[N+](=O)[O-])C(=O)N[C@H](C(=O)N[C@H](Cc1cccc(F)c1)C(=O)N(C)C)C(C)(C)C. The van der Waals surface area contributed by atoms with Gasteiger partial charge < -0.3 is 15.5 Å². The first kappa shape index (κ1) is 29.0. The highest BCUT2D eigenvalue weighted by Gasteiger charge is 2.37. The Balaban J connectivity index is 3.15. The Hall–Kier alpha value is -3.04. The molecule has 1 aromatic rings. The molecular weight excluding hydrogens is 443 g/mol. The van der Waals surface area contributed by atoms with E-state index < -0.39 is 52.5 Å².